The van der Waals surface area contributed by atoms with E-state index in [1.54, 1.807) is 24.3 Å². The third-order valence-corrected chi connectivity index (χ3v) is 3.06. The highest BCUT2D eigenvalue weighted by Gasteiger charge is 2.15. The molecule has 1 rings (SSSR count). The number of hydrogen-bond donors (Lipinski definition) is 1. The van der Waals surface area contributed by atoms with Gasteiger partial charge in [0.05, 0.1) is 13.2 Å². The minimum atomic E-state index is -0.375. The smallest absolute Gasteiger partial charge is 0.341 e. The lowest BCUT2D eigenvalue weighted by Crippen LogP contribution is -2.14. The Balaban J connectivity index is 2.65. The molecular formula is C15H22O4. The highest BCUT2D eigenvalue weighted by atomic mass is 16.5. The van der Waals surface area contributed by atoms with Crippen LogP contribution in [0, 0.1) is 5.92 Å². The average Bonchev–Trinajstić information content (AvgIpc) is 2.46. The lowest BCUT2D eigenvalue weighted by atomic mass is 10.1. The molecule has 4 heteroatoms. The van der Waals surface area contributed by atoms with Crippen LogP contribution in [0.2, 0.25) is 0 Å². The molecule has 19 heavy (non-hydrogen) atoms. The number of esters is 1. The molecule has 0 bridgehead atoms. The molecule has 1 aromatic rings. The summed E-state index contributed by atoms with van der Waals surface area (Å²) < 4.78 is 10.6. The fourth-order valence-corrected chi connectivity index (χ4v) is 1.71. The summed E-state index contributed by atoms with van der Waals surface area (Å²) in [6, 6.07) is 6.91. The van der Waals surface area contributed by atoms with E-state index in [4.69, 9.17) is 14.6 Å². The average molecular weight is 266 g/mol. The normalized spacial score (nSPS) is 10.5. The third kappa shape index (κ3) is 4.91. The number of carbonyl (C=O) groups is 1. The van der Waals surface area contributed by atoms with Crippen LogP contribution in [0.25, 0.3) is 0 Å². The molecule has 0 aromatic heterocycles. The van der Waals surface area contributed by atoms with E-state index in [-0.39, 0.29) is 19.2 Å². The molecule has 0 unspecified atom stereocenters. The molecule has 1 N–H and O–H groups in total. The van der Waals surface area contributed by atoms with Gasteiger partial charge in [-0.2, -0.15) is 0 Å². The van der Waals surface area contributed by atoms with Crippen molar-refractivity contribution in [3.05, 3.63) is 29.8 Å². The number of para-hydroxylation sites is 1. The predicted molar refractivity (Wildman–Crippen MR) is 73.4 cm³/mol. The summed E-state index contributed by atoms with van der Waals surface area (Å²) in [4.78, 5) is 12.0. The van der Waals surface area contributed by atoms with Gasteiger partial charge in [-0.25, -0.2) is 4.79 Å². The van der Waals surface area contributed by atoms with Crippen molar-refractivity contribution in [2.75, 3.05) is 19.8 Å². The number of aliphatic hydroxyl groups excluding tert-OH is 1. The van der Waals surface area contributed by atoms with Crippen molar-refractivity contribution in [2.24, 2.45) is 5.92 Å². The molecule has 0 aliphatic rings. The van der Waals surface area contributed by atoms with Crippen LogP contribution in [0.5, 0.6) is 5.75 Å². The first kappa shape index (κ1) is 15.5. The van der Waals surface area contributed by atoms with Gasteiger partial charge in [-0.15, -0.1) is 0 Å². The Bertz CT molecular complexity index is 385. The summed E-state index contributed by atoms with van der Waals surface area (Å²) in [5, 5.41) is 8.76. The number of rotatable bonds is 8. The van der Waals surface area contributed by atoms with Crippen LogP contribution in [-0.2, 0) is 4.74 Å². The molecule has 0 heterocycles. The molecule has 0 saturated carbocycles. The second kappa shape index (κ2) is 8.53. The van der Waals surface area contributed by atoms with Gasteiger partial charge >= 0.3 is 5.97 Å². The van der Waals surface area contributed by atoms with Gasteiger partial charge in [-0.3, -0.25) is 0 Å². The minimum absolute atomic E-state index is 0.0862. The van der Waals surface area contributed by atoms with E-state index in [0.29, 0.717) is 23.8 Å². The standard InChI is InChI=1S/C15H22O4/c1-3-12(4-2)11-19-15(17)13-7-5-6-8-14(13)18-10-9-16/h5-8,12,16H,3-4,9-11H2,1-2H3. The molecule has 0 aliphatic heterocycles. The second-order valence-electron chi connectivity index (χ2n) is 4.35. The second-order valence-corrected chi connectivity index (χ2v) is 4.35. The van der Waals surface area contributed by atoms with Crippen LogP contribution in [0.3, 0.4) is 0 Å². The molecule has 106 valence electrons. The van der Waals surface area contributed by atoms with Crippen molar-refractivity contribution in [3.63, 3.8) is 0 Å². The van der Waals surface area contributed by atoms with E-state index in [1.807, 2.05) is 0 Å². The Morgan fingerprint density at radius 2 is 1.95 bits per heavy atom. The van der Waals surface area contributed by atoms with Gasteiger partial charge < -0.3 is 14.6 Å². The monoisotopic (exact) mass is 266 g/mol. The van der Waals surface area contributed by atoms with Crippen molar-refractivity contribution in [1.82, 2.24) is 0 Å². The maximum atomic E-state index is 12.0. The maximum absolute atomic E-state index is 12.0. The quantitative estimate of drug-likeness (QED) is 0.735. The zero-order valence-electron chi connectivity index (χ0n) is 11.6. The Labute approximate surface area is 114 Å². The van der Waals surface area contributed by atoms with Crippen LogP contribution in [-0.4, -0.2) is 30.9 Å². The number of hydrogen-bond acceptors (Lipinski definition) is 4. The molecular weight excluding hydrogens is 244 g/mol. The number of benzene rings is 1. The van der Waals surface area contributed by atoms with Gasteiger partial charge in [0, 0.05) is 0 Å². The van der Waals surface area contributed by atoms with E-state index < -0.39 is 0 Å². The first-order valence-corrected chi connectivity index (χ1v) is 6.72. The Morgan fingerprint density at radius 1 is 1.26 bits per heavy atom. The molecule has 0 amide bonds. The SMILES string of the molecule is CCC(CC)COC(=O)c1ccccc1OCCO. The van der Waals surface area contributed by atoms with Crippen LogP contribution >= 0.6 is 0 Å². The molecule has 0 aliphatic carbocycles. The molecule has 4 nitrogen and oxygen atoms in total. The summed E-state index contributed by atoms with van der Waals surface area (Å²) >= 11 is 0. The van der Waals surface area contributed by atoms with Gasteiger partial charge in [0.1, 0.15) is 17.9 Å². The zero-order chi connectivity index (χ0) is 14.1. The topological polar surface area (TPSA) is 55.8 Å². The van der Waals surface area contributed by atoms with E-state index >= 15 is 0 Å². The van der Waals surface area contributed by atoms with Crippen molar-refractivity contribution < 1.29 is 19.4 Å². The minimum Gasteiger partial charge on any atom is -0.490 e. The summed E-state index contributed by atoms with van der Waals surface area (Å²) in [7, 11) is 0. The number of ether oxygens (including phenoxy) is 2. The fourth-order valence-electron chi connectivity index (χ4n) is 1.71. The lowest BCUT2D eigenvalue weighted by Gasteiger charge is -2.14. The summed E-state index contributed by atoms with van der Waals surface area (Å²) in [5.41, 5.74) is 0.405. The van der Waals surface area contributed by atoms with E-state index in [2.05, 4.69) is 13.8 Å². The van der Waals surface area contributed by atoms with Crippen molar-refractivity contribution >= 4 is 5.97 Å². The van der Waals surface area contributed by atoms with Crippen molar-refractivity contribution in [3.8, 4) is 5.75 Å². The van der Waals surface area contributed by atoms with Crippen LogP contribution < -0.4 is 4.74 Å². The third-order valence-electron chi connectivity index (χ3n) is 3.06. The Kier molecular flexibility index (Phi) is 6.97. The Morgan fingerprint density at radius 3 is 2.58 bits per heavy atom. The number of aliphatic hydroxyl groups is 1. The van der Waals surface area contributed by atoms with E-state index in [1.165, 1.54) is 0 Å². The fraction of sp³-hybridized carbons (Fsp3) is 0.533. The van der Waals surface area contributed by atoms with E-state index in [0.717, 1.165) is 12.8 Å². The molecule has 0 saturated heterocycles. The molecule has 0 radical (unpaired) electrons. The zero-order valence-corrected chi connectivity index (χ0v) is 11.6. The molecule has 0 atom stereocenters. The lowest BCUT2D eigenvalue weighted by molar-refractivity contribution is 0.0427. The highest BCUT2D eigenvalue weighted by Crippen LogP contribution is 2.19. The number of carbonyl (C=O) groups excluding carboxylic acids is 1. The summed E-state index contributed by atoms with van der Waals surface area (Å²) in [5.74, 6) is 0.473. The molecule has 0 spiro atoms. The van der Waals surface area contributed by atoms with Gasteiger partial charge in [-0.05, 0) is 18.1 Å². The maximum Gasteiger partial charge on any atom is 0.341 e. The van der Waals surface area contributed by atoms with Gasteiger partial charge in [0.15, 0.2) is 0 Å². The van der Waals surface area contributed by atoms with Crippen molar-refractivity contribution in [2.45, 2.75) is 26.7 Å². The molecule has 1 aromatic carbocycles. The van der Waals surface area contributed by atoms with Crippen LogP contribution in [0.1, 0.15) is 37.0 Å². The van der Waals surface area contributed by atoms with Crippen LogP contribution in [0.4, 0.5) is 0 Å². The summed E-state index contributed by atoms with van der Waals surface area (Å²) in [6.45, 7) is 4.68. The van der Waals surface area contributed by atoms with E-state index in [9.17, 15) is 4.79 Å². The largest absolute Gasteiger partial charge is 0.490 e. The van der Waals surface area contributed by atoms with Gasteiger partial charge in [-0.1, -0.05) is 38.8 Å². The molecule has 0 fully saturated rings. The van der Waals surface area contributed by atoms with Gasteiger partial charge in [0.2, 0.25) is 0 Å². The predicted octanol–water partition coefficient (Wildman–Crippen LogP) is 2.65. The highest BCUT2D eigenvalue weighted by molar-refractivity contribution is 5.92. The first-order chi connectivity index (χ1) is 9.22. The van der Waals surface area contributed by atoms with Crippen LogP contribution in [0.15, 0.2) is 24.3 Å². The first-order valence-electron chi connectivity index (χ1n) is 6.72. The summed E-state index contributed by atoms with van der Waals surface area (Å²) in [6.07, 6.45) is 1.98. The van der Waals surface area contributed by atoms with Crippen molar-refractivity contribution in [1.29, 1.82) is 0 Å². The van der Waals surface area contributed by atoms with Gasteiger partial charge in [0.25, 0.3) is 0 Å². The Hall–Kier alpha value is -1.55.